The first-order valence-corrected chi connectivity index (χ1v) is 10.9. The van der Waals surface area contributed by atoms with Gasteiger partial charge < -0.3 is 9.88 Å². The van der Waals surface area contributed by atoms with E-state index in [2.05, 4.69) is 51.2 Å². The van der Waals surface area contributed by atoms with Crippen LogP contribution in [-0.4, -0.2) is 53.9 Å². The van der Waals surface area contributed by atoms with Crippen LogP contribution in [0.4, 0.5) is 11.4 Å². The molecule has 1 aromatic heterocycles. The average molecular weight is 391 g/mol. The minimum Gasteiger partial charge on any atom is -0.369 e. The summed E-state index contributed by atoms with van der Waals surface area (Å²) in [7, 11) is 0. The van der Waals surface area contributed by atoms with Gasteiger partial charge in [-0.05, 0) is 68.1 Å². The lowest BCUT2D eigenvalue weighted by molar-refractivity contribution is 0.187. The summed E-state index contributed by atoms with van der Waals surface area (Å²) in [5.74, 6) is 0. The van der Waals surface area contributed by atoms with Crippen molar-refractivity contribution in [3.05, 3.63) is 60.3 Å². The maximum Gasteiger partial charge on any atom is 0.0669 e. The Morgan fingerprint density at radius 2 is 1.86 bits per heavy atom. The zero-order chi connectivity index (χ0) is 19.6. The van der Waals surface area contributed by atoms with E-state index in [4.69, 9.17) is 0 Å². The van der Waals surface area contributed by atoms with Crippen molar-refractivity contribution in [3.8, 4) is 0 Å². The van der Waals surface area contributed by atoms with Crippen LogP contribution in [0.1, 0.15) is 24.8 Å². The van der Waals surface area contributed by atoms with Gasteiger partial charge in [0.05, 0.1) is 11.7 Å². The molecule has 0 bridgehead atoms. The van der Waals surface area contributed by atoms with Gasteiger partial charge in [0.15, 0.2) is 0 Å². The van der Waals surface area contributed by atoms with Crippen molar-refractivity contribution in [1.29, 1.82) is 0 Å². The first kappa shape index (κ1) is 18.5. The molecule has 1 saturated heterocycles. The molecular weight excluding hydrogens is 360 g/mol. The number of H-pyrrole nitrogens is 1. The molecule has 5 rings (SSSR count). The highest BCUT2D eigenvalue weighted by molar-refractivity contribution is 5.83. The van der Waals surface area contributed by atoms with Crippen LogP contribution < -0.4 is 9.96 Å². The highest BCUT2D eigenvalue weighted by Gasteiger charge is 2.25. The lowest BCUT2D eigenvalue weighted by Gasteiger charge is -2.37. The number of anilines is 2. The third kappa shape index (κ3) is 3.85. The number of aromatic amines is 1. The maximum atomic E-state index is 10.6. The van der Waals surface area contributed by atoms with Gasteiger partial charge in [-0.3, -0.25) is 15.2 Å². The van der Waals surface area contributed by atoms with Crippen LogP contribution in [-0.2, 0) is 6.42 Å². The van der Waals surface area contributed by atoms with Gasteiger partial charge in [-0.2, -0.15) is 0 Å². The summed E-state index contributed by atoms with van der Waals surface area (Å²) < 4.78 is 0. The average Bonchev–Trinajstić information content (AvgIpc) is 3.24. The molecule has 1 atom stereocenters. The fourth-order valence-corrected chi connectivity index (χ4v) is 4.87. The number of hydrogen-bond donors (Lipinski definition) is 2. The third-order valence-electron chi connectivity index (χ3n) is 6.62. The Labute approximate surface area is 172 Å². The molecule has 3 aromatic rings. The second-order valence-corrected chi connectivity index (χ2v) is 8.39. The zero-order valence-corrected chi connectivity index (χ0v) is 16.9. The van der Waals surface area contributed by atoms with Gasteiger partial charge in [0, 0.05) is 49.0 Å². The summed E-state index contributed by atoms with van der Waals surface area (Å²) in [6.07, 6.45) is 6.31. The highest BCUT2D eigenvalue weighted by Crippen LogP contribution is 2.30. The molecular formula is C24H30N4O. The monoisotopic (exact) mass is 390 g/mol. The second kappa shape index (κ2) is 8.09. The lowest BCUT2D eigenvalue weighted by atomic mass is 9.95. The number of rotatable bonds is 5. The summed E-state index contributed by atoms with van der Waals surface area (Å²) in [6.45, 7) is 5.51. The van der Waals surface area contributed by atoms with Crippen LogP contribution >= 0.6 is 0 Å². The Morgan fingerprint density at radius 1 is 1.00 bits per heavy atom. The Balaban J connectivity index is 1.09. The molecule has 2 aliphatic rings. The molecule has 5 heteroatoms. The molecule has 1 fully saturated rings. The molecule has 0 radical (unpaired) electrons. The van der Waals surface area contributed by atoms with E-state index in [1.54, 1.807) is 0 Å². The number of fused-ring (bicyclic) bond motifs is 2. The standard InChI is InChI=1S/C24H30N4O/c29-28-21(8-7-19-4-1-2-6-24(19)28)5-3-13-26-14-16-27(17-15-26)22-9-10-23-20(18-22)11-12-25-23/h1-2,4,6,9-12,18,21,25,29H,3,5,7-8,13-17H2. The van der Waals surface area contributed by atoms with Crippen molar-refractivity contribution in [2.45, 2.75) is 31.7 Å². The molecule has 5 nitrogen and oxygen atoms in total. The van der Waals surface area contributed by atoms with Gasteiger partial charge in [0.1, 0.15) is 0 Å². The van der Waals surface area contributed by atoms with Crippen LogP contribution in [0.3, 0.4) is 0 Å². The number of piperazine rings is 1. The van der Waals surface area contributed by atoms with E-state index in [9.17, 15) is 5.21 Å². The Kier molecular flexibility index (Phi) is 5.17. The van der Waals surface area contributed by atoms with Crippen molar-refractivity contribution >= 4 is 22.3 Å². The smallest absolute Gasteiger partial charge is 0.0669 e. The van der Waals surface area contributed by atoms with Gasteiger partial charge in [0.25, 0.3) is 0 Å². The number of hydroxylamine groups is 1. The normalized spacial score (nSPS) is 20.2. The van der Waals surface area contributed by atoms with Crippen LogP contribution in [0.15, 0.2) is 54.7 Å². The number of hydrogen-bond acceptors (Lipinski definition) is 4. The minimum atomic E-state index is 0.249. The largest absolute Gasteiger partial charge is 0.369 e. The summed E-state index contributed by atoms with van der Waals surface area (Å²) in [6, 6.07) is 17.3. The van der Waals surface area contributed by atoms with E-state index >= 15 is 0 Å². The predicted octanol–water partition coefficient (Wildman–Crippen LogP) is 4.28. The van der Waals surface area contributed by atoms with Crippen LogP contribution in [0, 0.1) is 0 Å². The summed E-state index contributed by atoms with van der Waals surface area (Å²) in [5, 5.41) is 13.4. The van der Waals surface area contributed by atoms with Crippen LogP contribution in [0.5, 0.6) is 0 Å². The van der Waals surface area contributed by atoms with E-state index in [-0.39, 0.29) is 6.04 Å². The van der Waals surface area contributed by atoms with Crippen LogP contribution in [0.2, 0.25) is 0 Å². The lowest BCUT2D eigenvalue weighted by Crippen LogP contribution is -2.47. The maximum absolute atomic E-state index is 10.6. The van der Waals surface area contributed by atoms with E-state index in [0.717, 1.165) is 64.1 Å². The van der Waals surface area contributed by atoms with Crippen LogP contribution in [0.25, 0.3) is 10.9 Å². The molecule has 0 saturated carbocycles. The third-order valence-corrected chi connectivity index (χ3v) is 6.62. The SMILES string of the molecule is ON1c2ccccc2CCC1CCCN1CCN(c2ccc3[nH]ccc3c2)CC1. The number of benzene rings is 2. The molecule has 2 aromatic carbocycles. The van der Waals surface area contributed by atoms with Gasteiger partial charge in [-0.15, -0.1) is 0 Å². The van der Waals surface area contributed by atoms with Crippen molar-refractivity contribution in [3.63, 3.8) is 0 Å². The fraction of sp³-hybridized carbons (Fsp3) is 0.417. The number of aryl methyl sites for hydroxylation is 1. The molecule has 1 unspecified atom stereocenters. The van der Waals surface area contributed by atoms with Gasteiger partial charge in [0.2, 0.25) is 0 Å². The predicted molar refractivity (Wildman–Crippen MR) is 119 cm³/mol. The molecule has 2 aliphatic heterocycles. The molecule has 3 heterocycles. The number of aromatic nitrogens is 1. The summed E-state index contributed by atoms with van der Waals surface area (Å²) in [5.41, 5.74) is 4.79. The van der Waals surface area contributed by atoms with E-state index in [1.165, 1.54) is 27.2 Å². The molecule has 0 spiro atoms. The Bertz CT molecular complexity index is 960. The van der Waals surface area contributed by atoms with E-state index in [1.807, 2.05) is 18.3 Å². The Hall–Kier alpha value is -2.50. The van der Waals surface area contributed by atoms with Crippen molar-refractivity contribution in [1.82, 2.24) is 9.88 Å². The van der Waals surface area contributed by atoms with Crippen molar-refractivity contribution < 1.29 is 5.21 Å². The first-order chi connectivity index (χ1) is 14.3. The molecule has 0 amide bonds. The van der Waals surface area contributed by atoms with Gasteiger partial charge in [-0.1, -0.05) is 18.2 Å². The Morgan fingerprint density at radius 3 is 2.76 bits per heavy atom. The highest BCUT2D eigenvalue weighted by atomic mass is 16.5. The molecule has 29 heavy (non-hydrogen) atoms. The molecule has 152 valence electrons. The van der Waals surface area contributed by atoms with E-state index in [0.29, 0.717) is 0 Å². The van der Waals surface area contributed by atoms with Gasteiger partial charge in [-0.25, -0.2) is 0 Å². The molecule has 0 aliphatic carbocycles. The topological polar surface area (TPSA) is 45.7 Å². The number of para-hydroxylation sites is 1. The van der Waals surface area contributed by atoms with Crippen molar-refractivity contribution in [2.75, 3.05) is 42.7 Å². The summed E-state index contributed by atoms with van der Waals surface area (Å²) >= 11 is 0. The number of nitrogens with zero attached hydrogens (tertiary/aromatic N) is 3. The molecule has 2 N–H and O–H groups in total. The second-order valence-electron chi connectivity index (χ2n) is 8.39. The fourth-order valence-electron chi connectivity index (χ4n) is 4.87. The number of nitrogens with one attached hydrogen (secondary N) is 1. The quantitative estimate of drug-likeness (QED) is 0.683. The zero-order valence-electron chi connectivity index (χ0n) is 16.9. The van der Waals surface area contributed by atoms with Crippen molar-refractivity contribution in [2.24, 2.45) is 0 Å². The summed E-state index contributed by atoms with van der Waals surface area (Å²) in [4.78, 5) is 8.34. The van der Waals surface area contributed by atoms with E-state index < -0.39 is 0 Å². The first-order valence-electron chi connectivity index (χ1n) is 10.9. The van der Waals surface area contributed by atoms with Gasteiger partial charge >= 0.3 is 0 Å². The minimum absolute atomic E-state index is 0.249.